The van der Waals surface area contributed by atoms with Crippen LogP contribution in [0.25, 0.3) is 0 Å². The molecule has 1 saturated carbocycles. The third kappa shape index (κ3) is 2.23. The van der Waals surface area contributed by atoms with Gasteiger partial charge in [0.1, 0.15) is 6.29 Å². The van der Waals surface area contributed by atoms with Crippen LogP contribution in [0.15, 0.2) is 0 Å². The molecule has 0 aromatic rings. The van der Waals surface area contributed by atoms with Gasteiger partial charge in [-0.05, 0) is 19.3 Å². The number of hydrogen-bond acceptors (Lipinski definition) is 3. The minimum Gasteiger partial charge on any atom is -0.381 e. The third-order valence-electron chi connectivity index (χ3n) is 4.03. The van der Waals surface area contributed by atoms with Gasteiger partial charge in [0.15, 0.2) is 0 Å². The fourth-order valence-corrected chi connectivity index (χ4v) is 2.69. The molecule has 0 aromatic carbocycles. The van der Waals surface area contributed by atoms with E-state index in [2.05, 4.69) is 13.8 Å². The Morgan fingerprint density at radius 1 is 1.27 bits per heavy atom. The molecule has 0 spiro atoms. The zero-order chi connectivity index (χ0) is 11.5. The smallest absolute Gasteiger partial charge is 0.123 e. The number of rotatable bonds is 4. The molecule has 0 heterocycles. The largest absolute Gasteiger partial charge is 0.381 e. The monoisotopic (exact) mass is 214 g/mol. The summed E-state index contributed by atoms with van der Waals surface area (Å²) in [5.41, 5.74) is 0.0308. The predicted molar refractivity (Wildman–Crippen MR) is 58.8 cm³/mol. The highest BCUT2D eigenvalue weighted by Crippen LogP contribution is 2.43. The van der Waals surface area contributed by atoms with Crippen LogP contribution < -0.4 is 0 Å². The molecular formula is C12H22O3. The second-order valence-corrected chi connectivity index (χ2v) is 4.68. The van der Waals surface area contributed by atoms with Gasteiger partial charge in [0.05, 0.1) is 12.2 Å². The molecule has 0 amide bonds. The summed E-state index contributed by atoms with van der Waals surface area (Å²) < 4.78 is 11.0. The first-order valence-electron chi connectivity index (χ1n) is 5.63. The molecule has 0 aliphatic heterocycles. The summed E-state index contributed by atoms with van der Waals surface area (Å²) in [6.45, 7) is 4.34. The normalized spacial score (nSPS) is 41.5. The number of aldehydes is 1. The minimum atomic E-state index is 0.0308. The lowest BCUT2D eigenvalue weighted by Crippen LogP contribution is -2.50. The molecule has 0 radical (unpaired) electrons. The number of methoxy groups -OCH3 is 2. The molecule has 3 heteroatoms. The number of ether oxygens (including phenoxy) is 2. The third-order valence-corrected chi connectivity index (χ3v) is 4.03. The maximum absolute atomic E-state index is 10.9. The van der Waals surface area contributed by atoms with Crippen LogP contribution in [0.3, 0.4) is 0 Å². The van der Waals surface area contributed by atoms with Crippen molar-refractivity contribution in [2.24, 2.45) is 11.3 Å². The maximum atomic E-state index is 10.9. The standard InChI is InChI=1S/C12H22O3/c1-5-12(2)10(14-3)6-9(8-13)7-11(12)15-4/h8-11H,5-7H2,1-4H3/t9?,10-,11?,12?/m1/s1. The van der Waals surface area contributed by atoms with Gasteiger partial charge >= 0.3 is 0 Å². The number of carbonyl (C=O) groups excluding carboxylic acids is 1. The van der Waals surface area contributed by atoms with Gasteiger partial charge in [0.25, 0.3) is 0 Å². The van der Waals surface area contributed by atoms with Gasteiger partial charge in [-0.2, -0.15) is 0 Å². The van der Waals surface area contributed by atoms with Crippen LogP contribution in [-0.2, 0) is 14.3 Å². The SMILES string of the molecule is CCC1(C)C(OC)CC(C=O)C[C@H]1OC. The Labute approximate surface area is 92.1 Å². The zero-order valence-electron chi connectivity index (χ0n) is 10.2. The summed E-state index contributed by atoms with van der Waals surface area (Å²) in [6, 6.07) is 0. The summed E-state index contributed by atoms with van der Waals surface area (Å²) in [7, 11) is 3.44. The quantitative estimate of drug-likeness (QED) is 0.672. The molecular weight excluding hydrogens is 192 g/mol. The Hall–Kier alpha value is -0.410. The van der Waals surface area contributed by atoms with E-state index >= 15 is 0 Å². The molecule has 1 rings (SSSR count). The Morgan fingerprint density at radius 2 is 1.73 bits per heavy atom. The van der Waals surface area contributed by atoms with Crippen molar-refractivity contribution in [3.05, 3.63) is 0 Å². The first-order valence-corrected chi connectivity index (χ1v) is 5.63. The van der Waals surface area contributed by atoms with E-state index in [4.69, 9.17) is 9.47 Å². The van der Waals surface area contributed by atoms with E-state index < -0.39 is 0 Å². The van der Waals surface area contributed by atoms with Gasteiger partial charge in [-0.1, -0.05) is 13.8 Å². The highest BCUT2D eigenvalue weighted by molar-refractivity contribution is 5.54. The highest BCUT2D eigenvalue weighted by atomic mass is 16.5. The molecule has 1 aliphatic carbocycles. The van der Waals surface area contributed by atoms with E-state index in [9.17, 15) is 4.79 Å². The van der Waals surface area contributed by atoms with Crippen LogP contribution in [-0.4, -0.2) is 32.7 Å². The van der Waals surface area contributed by atoms with Crippen LogP contribution in [0.5, 0.6) is 0 Å². The summed E-state index contributed by atoms with van der Waals surface area (Å²) in [6.07, 6.45) is 3.94. The molecule has 88 valence electrons. The highest BCUT2D eigenvalue weighted by Gasteiger charge is 2.46. The number of hydrogen-bond donors (Lipinski definition) is 0. The van der Waals surface area contributed by atoms with Gasteiger partial charge in [-0.25, -0.2) is 0 Å². The Bertz CT molecular complexity index is 201. The molecule has 0 aromatic heterocycles. The van der Waals surface area contributed by atoms with E-state index in [0.717, 1.165) is 25.5 Å². The maximum Gasteiger partial charge on any atom is 0.123 e. The van der Waals surface area contributed by atoms with Gasteiger partial charge in [0.2, 0.25) is 0 Å². The van der Waals surface area contributed by atoms with Crippen molar-refractivity contribution in [3.8, 4) is 0 Å². The summed E-state index contributed by atoms with van der Waals surface area (Å²) in [5.74, 6) is 0.0829. The van der Waals surface area contributed by atoms with Crippen LogP contribution in [0.4, 0.5) is 0 Å². The van der Waals surface area contributed by atoms with E-state index in [1.165, 1.54) is 0 Å². The van der Waals surface area contributed by atoms with E-state index in [1.54, 1.807) is 14.2 Å². The second kappa shape index (κ2) is 5.08. The molecule has 0 saturated heterocycles. The second-order valence-electron chi connectivity index (χ2n) is 4.68. The average Bonchev–Trinajstić information content (AvgIpc) is 2.29. The number of carbonyl (C=O) groups is 1. The fraction of sp³-hybridized carbons (Fsp3) is 0.917. The Balaban J connectivity index is 2.87. The van der Waals surface area contributed by atoms with Gasteiger partial charge < -0.3 is 14.3 Å². The summed E-state index contributed by atoms with van der Waals surface area (Å²) in [5, 5.41) is 0. The van der Waals surface area contributed by atoms with Crippen molar-refractivity contribution in [3.63, 3.8) is 0 Å². The molecule has 15 heavy (non-hydrogen) atoms. The lowest BCUT2D eigenvalue weighted by molar-refractivity contribution is -0.144. The molecule has 0 bridgehead atoms. The van der Waals surface area contributed by atoms with Crippen LogP contribution in [0, 0.1) is 11.3 Å². The molecule has 1 aliphatic rings. The molecule has 3 nitrogen and oxygen atoms in total. The zero-order valence-corrected chi connectivity index (χ0v) is 10.2. The molecule has 4 atom stereocenters. The van der Waals surface area contributed by atoms with Gasteiger partial charge in [-0.3, -0.25) is 0 Å². The van der Waals surface area contributed by atoms with Crippen molar-refractivity contribution >= 4 is 6.29 Å². The van der Waals surface area contributed by atoms with Gasteiger partial charge in [0, 0.05) is 25.6 Å². The summed E-state index contributed by atoms with van der Waals surface area (Å²) in [4.78, 5) is 10.9. The lowest BCUT2D eigenvalue weighted by Gasteiger charge is -2.47. The average molecular weight is 214 g/mol. The summed E-state index contributed by atoms with van der Waals surface area (Å²) >= 11 is 0. The molecule has 3 unspecified atom stereocenters. The fourth-order valence-electron chi connectivity index (χ4n) is 2.69. The Morgan fingerprint density at radius 3 is 2.00 bits per heavy atom. The molecule has 0 N–H and O–H groups in total. The van der Waals surface area contributed by atoms with E-state index in [-0.39, 0.29) is 23.5 Å². The van der Waals surface area contributed by atoms with Crippen molar-refractivity contribution in [2.75, 3.05) is 14.2 Å². The van der Waals surface area contributed by atoms with E-state index in [1.807, 2.05) is 0 Å². The van der Waals surface area contributed by atoms with E-state index in [0.29, 0.717) is 0 Å². The van der Waals surface area contributed by atoms with Crippen LogP contribution >= 0.6 is 0 Å². The van der Waals surface area contributed by atoms with Crippen molar-refractivity contribution in [1.29, 1.82) is 0 Å². The van der Waals surface area contributed by atoms with Gasteiger partial charge in [-0.15, -0.1) is 0 Å². The minimum absolute atomic E-state index is 0.0308. The first kappa shape index (κ1) is 12.7. The lowest BCUT2D eigenvalue weighted by atomic mass is 9.66. The molecule has 1 fully saturated rings. The topological polar surface area (TPSA) is 35.5 Å². The van der Waals surface area contributed by atoms with Crippen LogP contribution in [0.2, 0.25) is 0 Å². The predicted octanol–water partition coefficient (Wildman–Crippen LogP) is 2.04. The van der Waals surface area contributed by atoms with Crippen LogP contribution in [0.1, 0.15) is 33.1 Å². The first-order chi connectivity index (χ1) is 7.12. The van der Waals surface area contributed by atoms with Crippen molar-refractivity contribution in [2.45, 2.75) is 45.3 Å². The van der Waals surface area contributed by atoms with Crippen molar-refractivity contribution in [1.82, 2.24) is 0 Å². The Kier molecular flexibility index (Phi) is 4.29. The van der Waals surface area contributed by atoms with Crippen molar-refractivity contribution < 1.29 is 14.3 Å².